The minimum atomic E-state index is 0.434. The van der Waals surface area contributed by atoms with Gasteiger partial charge in [0.05, 0.1) is 6.54 Å². The van der Waals surface area contributed by atoms with E-state index in [1.54, 1.807) is 0 Å². The van der Waals surface area contributed by atoms with E-state index in [2.05, 4.69) is 39.3 Å². The molecular formula is C22H22N4O2. The molecule has 2 aromatic heterocycles. The second-order valence-electron chi connectivity index (χ2n) is 6.62. The Bertz CT molecular complexity index is 1030. The van der Waals surface area contributed by atoms with Gasteiger partial charge in [-0.15, -0.1) is 10.2 Å². The average molecular weight is 374 g/mol. The fourth-order valence-electron chi connectivity index (χ4n) is 3.15. The van der Waals surface area contributed by atoms with Gasteiger partial charge in [-0.3, -0.25) is 4.90 Å². The second kappa shape index (κ2) is 8.19. The van der Waals surface area contributed by atoms with E-state index in [9.17, 15) is 0 Å². The predicted molar refractivity (Wildman–Crippen MR) is 106 cm³/mol. The lowest BCUT2D eigenvalue weighted by atomic mass is 10.1. The summed E-state index contributed by atoms with van der Waals surface area (Å²) in [5, 5.41) is 12.7. The number of rotatable bonds is 7. The van der Waals surface area contributed by atoms with Gasteiger partial charge in [0.1, 0.15) is 17.0 Å². The maximum atomic E-state index is 5.98. The summed E-state index contributed by atoms with van der Waals surface area (Å²) < 4.78 is 11.4. The molecule has 0 radical (unpaired) electrons. The molecule has 142 valence electrons. The molecule has 6 nitrogen and oxygen atoms in total. The summed E-state index contributed by atoms with van der Waals surface area (Å²) in [4.78, 5) is 2.26. The van der Waals surface area contributed by atoms with E-state index >= 15 is 0 Å². The van der Waals surface area contributed by atoms with Crippen molar-refractivity contribution < 1.29 is 8.94 Å². The number of hydrogen-bond acceptors (Lipinski definition) is 6. The lowest BCUT2D eigenvalue weighted by Gasteiger charge is -2.18. The van der Waals surface area contributed by atoms with E-state index in [4.69, 9.17) is 8.94 Å². The second-order valence-corrected chi connectivity index (χ2v) is 6.62. The third-order valence-electron chi connectivity index (χ3n) is 4.65. The maximum absolute atomic E-state index is 5.98. The minimum absolute atomic E-state index is 0.434. The van der Waals surface area contributed by atoms with Gasteiger partial charge in [-0.1, -0.05) is 72.7 Å². The third-order valence-corrected chi connectivity index (χ3v) is 4.65. The first kappa shape index (κ1) is 18.1. The van der Waals surface area contributed by atoms with Crippen molar-refractivity contribution in [3.05, 3.63) is 77.9 Å². The molecule has 0 saturated heterocycles. The molecule has 0 aliphatic rings. The third kappa shape index (κ3) is 3.87. The van der Waals surface area contributed by atoms with Crippen molar-refractivity contribution in [1.29, 1.82) is 0 Å². The van der Waals surface area contributed by atoms with E-state index in [-0.39, 0.29) is 0 Å². The number of aryl methyl sites for hydroxylation is 1. The van der Waals surface area contributed by atoms with Crippen LogP contribution in [0.2, 0.25) is 0 Å². The quantitative estimate of drug-likeness (QED) is 0.466. The zero-order chi connectivity index (χ0) is 19.3. The smallest absolute Gasteiger partial charge is 0.253 e. The molecule has 0 aliphatic heterocycles. The zero-order valence-electron chi connectivity index (χ0n) is 16.0. The van der Waals surface area contributed by atoms with Crippen LogP contribution < -0.4 is 0 Å². The van der Waals surface area contributed by atoms with Crippen LogP contribution in [0.3, 0.4) is 0 Å². The molecule has 0 unspecified atom stereocenters. The molecule has 4 rings (SSSR count). The average Bonchev–Trinajstić information content (AvgIpc) is 3.35. The van der Waals surface area contributed by atoms with Gasteiger partial charge in [-0.25, -0.2) is 0 Å². The summed E-state index contributed by atoms with van der Waals surface area (Å²) in [6, 6.07) is 20.2. The summed E-state index contributed by atoms with van der Waals surface area (Å²) in [7, 11) is 0. The van der Waals surface area contributed by atoms with Crippen LogP contribution in [0.25, 0.3) is 22.7 Å². The van der Waals surface area contributed by atoms with Crippen molar-refractivity contribution in [3.8, 4) is 22.7 Å². The molecule has 0 bridgehead atoms. The lowest BCUT2D eigenvalue weighted by Crippen LogP contribution is -2.22. The maximum Gasteiger partial charge on any atom is 0.253 e. The van der Waals surface area contributed by atoms with Gasteiger partial charge in [-0.05, 0) is 19.0 Å². The molecule has 0 saturated carbocycles. The predicted octanol–water partition coefficient (Wildman–Crippen LogP) is 4.72. The molecule has 4 aromatic rings. The number of nitrogens with zero attached hydrogens (tertiary/aromatic N) is 4. The molecule has 0 amide bonds. The summed E-state index contributed by atoms with van der Waals surface area (Å²) in [5.74, 6) is 1.67. The van der Waals surface area contributed by atoms with E-state index < -0.39 is 0 Å². The fraction of sp³-hybridized carbons (Fsp3) is 0.227. The van der Waals surface area contributed by atoms with E-state index in [0.29, 0.717) is 29.8 Å². The largest absolute Gasteiger partial charge is 0.419 e. The summed E-state index contributed by atoms with van der Waals surface area (Å²) in [5.41, 5.74) is 3.67. The number of hydrogen-bond donors (Lipinski definition) is 0. The summed E-state index contributed by atoms with van der Waals surface area (Å²) in [6.07, 6.45) is 0. The highest BCUT2D eigenvalue weighted by molar-refractivity contribution is 5.77. The number of benzene rings is 2. The molecule has 2 aromatic carbocycles. The van der Waals surface area contributed by atoms with Gasteiger partial charge in [0.2, 0.25) is 5.89 Å². The van der Waals surface area contributed by atoms with Gasteiger partial charge < -0.3 is 8.94 Å². The van der Waals surface area contributed by atoms with Crippen molar-refractivity contribution in [2.24, 2.45) is 0 Å². The normalized spacial score (nSPS) is 11.2. The highest BCUT2D eigenvalue weighted by Crippen LogP contribution is 2.33. The lowest BCUT2D eigenvalue weighted by molar-refractivity contribution is 0.243. The molecule has 0 N–H and O–H groups in total. The molecule has 0 atom stereocenters. The van der Waals surface area contributed by atoms with Crippen LogP contribution in [-0.2, 0) is 13.1 Å². The van der Waals surface area contributed by atoms with Crippen molar-refractivity contribution in [2.75, 3.05) is 6.54 Å². The first-order valence-electron chi connectivity index (χ1n) is 9.35. The Kier molecular flexibility index (Phi) is 5.30. The fourth-order valence-corrected chi connectivity index (χ4v) is 3.15. The van der Waals surface area contributed by atoms with Crippen LogP contribution in [0.15, 0.2) is 69.6 Å². The Labute approximate surface area is 163 Å². The van der Waals surface area contributed by atoms with Crippen LogP contribution >= 0.6 is 0 Å². The Morgan fingerprint density at radius 1 is 0.893 bits per heavy atom. The van der Waals surface area contributed by atoms with Gasteiger partial charge >= 0.3 is 0 Å². The van der Waals surface area contributed by atoms with Crippen LogP contribution in [-0.4, -0.2) is 26.8 Å². The van der Waals surface area contributed by atoms with E-state index in [0.717, 1.165) is 24.2 Å². The molecule has 28 heavy (non-hydrogen) atoms. The van der Waals surface area contributed by atoms with Crippen molar-refractivity contribution in [2.45, 2.75) is 26.9 Å². The van der Waals surface area contributed by atoms with E-state index in [1.165, 1.54) is 5.56 Å². The van der Waals surface area contributed by atoms with Crippen molar-refractivity contribution >= 4 is 0 Å². The standard InChI is InChI=1S/C22H22N4O2/c1-3-26(14-17-10-6-4-7-11-17)15-19-23-24-22(27-19)20-16(2)28-25-21(20)18-12-8-5-9-13-18/h4-13H,3,14-15H2,1-2H3. The van der Waals surface area contributed by atoms with Crippen molar-refractivity contribution in [1.82, 2.24) is 20.3 Å². The number of aromatic nitrogens is 3. The van der Waals surface area contributed by atoms with Gasteiger partial charge in [0, 0.05) is 12.1 Å². The van der Waals surface area contributed by atoms with Crippen LogP contribution in [0, 0.1) is 6.92 Å². The Morgan fingerprint density at radius 3 is 2.32 bits per heavy atom. The summed E-state index contributed by atoms with van der Waals surface area (Å²) >= 11 is 0. The Morgan fingerprint density at radius 2 is 1.61 bits per heavy atom. The summed E-state index contributed by atoms with van der Waals surface area (Å²) in [6.45, 7) is 6.28. The van der Waals surface area contributed by atoms with Crippen LogP contribution in [0.4, 0.5) is 0 Å². The monoisotopic (exact) mass is 374 g/mol. The van der Waals surface area contributed by atoms with Crippen molar-refractivity contribution in [3.63, 3.8) is 0 Å². The zero-order valence-corrected chi connectivity index (χ0v) is 16.0. The highest BCUT2D eigenvalue weighted by Gasteiger charge is 2.22. The molecule has 6 heteroatoms. The first-order valence-corrected chi connectivity index (χ1v) is 9.35. The van der Waals surface area contributed by atoms with Crippen LogP contribution in [0.1, 0.15) is 24.1 Å². The first-order chi connectivity index (χ1) is 13.7. The molecule has 0 aliphatic carbocycles. The molecular weight excluding hydrogens is 352 g/mol. The SMILES string of the molecule is CCN(Cc1ccccc1)Cc1nnc(-c2c(-c3ccccc3)noc2C)o1. The van der Waals surface area contributed by atoms with Crippen LogP contribution in [0.5, 0.6) is 0 Å². The van der Waals surface area contributed by atoms with E-state index in [1.807, 2.05) is 55.5 Å². The minimum Gasteiger partial charge on any atom is -0.419 e. The topological polar surface area (TPSA) is 68.2 Å². The van der Waals surface area contributed by atoms with Gasteiger partial charge in [0.25, 0.3) is 5.89 Å². The highest BCUT2D eigenvalue weighted by atomic mass is 16.5. The molecule has 0 fully saturated rings. The van der Waals surface area contributed by atoms with Gasteiger partial charge in [-0.2, -0.15) is 0 Å². The Balaban J connectivity index is 1.56. The Hall–Kier alpha value is -3.25. The molecule has 0 spiro atoms. The molecule has 2 heterocycles. The van der Waals surface area contributed by atoms with Gasteiger partial charge in [0.15, 0.2) is 0 Å².